The van der Waals surface area contributed by atoms with Crippen LogP contribution < -0.4 is 14.8 Å². The highest BCUT2D eigenvalue weighted by atomic mass is 32.2. The number of carbonyl (C=O) groups excluding carboxylic acids is 3. The average Bonchev–Trinajstić information content (AvgIpc) is 4.09. The summed E-state index contributed by atoms with van der Waals surface area (Å²) in [5.74, 6) is -4.85. The molecule has 3 aliphatic heterocycles. The number of ether oxygens (including phenoxy) is 1. The van der Waals surface area contributed by atoms with E-state index in [1.807, 2.05) is 6.08 Å². The number of hydrogen-bond donors (Lipinski definition) is 3. The highest BCUT2D eigenvalue weighted by molar-refractivity contribution is 7.91. The summed E-state index contributed by atoms with van der Waals surface area (Å²) in [6.45, 7) is 4.77. The summed E-state index contributed by atoms with van der Waals surface area (Å²) in [5, 5.41) is 13.8. The number of alkyl halides is 3. The van der Waals surface area contributed by atoms with Gasteiger partial charge in [0.2, 0.25) is 21.8 Å². The topological polar surface area (TPSA) is 175 Å². The predicted molar refractivity (Wildman–Crippen MR) is 205 cm³/mol. The first-order valence-electron chi connectivity index (χ1n) is 20.4. The highest BCUT2D eigenvalue weighted by Crippen LogP contribution is 2.53. The Balaban J connectivity index is 1.24. The predicted octanol–water partition coefficient (Wildman–Crippen LogP) is 5.71. The summed E-state index contributed by atoms with van der Waals surface area (Å²) in [4.78, 5) is 63.6. The fourth-order valence-electron chi connectivity index (χ4n) is 9.78. The van der Waals surface area contributed by atoms with Gasteiger partial charge in [-0.15, -0.1) is 0 Å². The molecule has 6 atom stereocenters. The van der Waals surface area contributed by atoms with E-state index in [4.69, 9.17) is 4.74 Å². The van der Waals surface area contributed by atoms with E-state index in [9.17, 15) is 36.3 Å². The van der Waals surface area contributed by atoms with Crippen LogP contribution in [0.3, 0.4) is 0 Å². The first kappa shape index (κ1) is 40.4. The molecule has 314 valence electrons. The van der Waals surface area contributed by atoms with Crippen LogP contribution in [-0.4, -0.2) is 92.7 Å². The number of aromatic nitrogens is 1. The van der Waals surface area contributed by atoms with Crippen LogP contribution >= 0.6 is 0 Å². The lowest BCUT2D eigenvalue weighted by Crippen LogP contribution is -2.60. The van der Waals surface area contributed by atoms with Crippen molar-refractivity contribution in [3.63, 3.8) is 0 Å². The Hall–Kier alpha value is -4.41. The lowest BCUT2D eigenvalue weighted by atomic mass is 9.73. The third-order valence-corrected chi connectivity index (χ3v) is 15.6. The Morgan fingerprint density at radius 1 is 1.09 bits per heavy atom. The van der Waals surface area contributed by atoms with Crippen molar-refractivity contribution >= 4 is 44.7 Å². The lowest BCUT2D eigenvalue weighted by Gasteiger charge is -2.42. The number of allylic oxidation sites excluding steroid dienone is 1. The summed E-state index contributed by atoms with van der Waals surface area (Å²) in [6, 6.07) is 3.46. The van der Waals surface area contributed by atoms with Gasteiger partial charge in [0.1, 0.15) is 23.2 Å². The summed E-state index contributed by atoms with van der Waals surface area (Å²) >= 11 is 0. The van der Waals surface area contributed by atoms with E-state index < -0.39 is 103 Å². The second-order valence-corrected chi connectivity index (χ2v) is 20.0. The van der Waals surface area contributed by atoms with Crippen LogP contribution in [0.5, 0.6) is 5.75 Å². The maximum Gasteiger partial charge on any atom is 0.437 e. The van der Waals surface area contributed by atoms with Crippen molar-refractivity contribution in [3.8, 4) is 5.75 Å². The van der Waals surface area contributed by atoms with E-state index in [2.05, 4.69) is 15.0 Å². The van der Waals surface area contributed by atoms with Gasteiger partial charge in [0, 0.05) is 28.8 Å². The molecule has 6 aliphatic rings. The van der Waals surface area contributed by atoms with E-state index in [1.165, 1.54) is 17.9 Å². The van der Waals surface area contributed by atoms with Gasteiger partial charge in [-0.25, -0.2) is 18.2 Å². The number of nitrogens with zero attached hydrogens (tertiary/aromatic N) is 3. The fourth-order valence-corrected chi connectivity index (χ4v) is 11.1. The van der Waals surface area contributed by atoms with E-state index in [-0.39, 0.29) is 37.7 Å². The minimum Gasteiger partial charge on any atom is -0.482 e. The Morgan fingerprint density at radius 3 is 2.47 bits per heavy atom. The van der Waals surface area contributed by atoms with Crippen LogP contribution in [0.1, 0.15) is 103 Å². The molecule has 17 heteroatoms. The number of pyridine rings is 1. The number of rotatable bonds is 6. The minimum absolute atomic E-state index is 0.0835. The van der Waals surface area contributed by atoms with Gasteiger partial charge in [0.15, 0.2) is 11.4 Å². The number of hydrogen-bond acceptors (Lipinski definition) is 8. The standard InChI is InChI=1S/C41H50F3N5O8S/c1-23(2)30-31-34(50)46-40(36(52)47-58(55,56)38(3)19-20-38)21-24(40)11-7-5-4-6-8-14-29(49(37(53)54)25-15-16-25)35(51)48(31)22-39(30)18-17-27-26-12-9-10-13-28(26)45-33(32(27)57-39)41(42,43)44/h7,9-13,23-25,29-31H,4-6,8,14-22H2,1-3H3,(H,46,50)(H,47,52)(H,53,54)/b11-7-/t24-,29+,30?,31+,39+,40-/m1/s1. The van der Waals surface area contributed by atoms with Crippen molar-refractivity contribution in [2.75, 3.05) is 6.54 Å². The fraction of sp³-hybridized carbons (Fsp3) is 0.634. The Morgan fingerprint density at radius 2 is 1.81 bits per heavy atom. The second kappa shape index (κ2) is 14.1. The van der Waals surface area contributed by atoms with Crippen molar-refractivity contribution in [2.45, 2.75) is 138 Å². The molecule has 1 aromatic carbocycles. The summed E-state index contributed by atoms with van der Waals surface area (Å²) in [5.41, 5.74) is -4.02. The van der Waals surface area contributed by atoms with Crippen LogP contribution in [0.2, 0.25) is 0 Å². The first-order chi connectivity index (χ1) is 27.3. The molecule has 3 N–H and O–H groups in total. The molecule has 1 aromatic heterocycles. The van der Waals surface area contributed by atoms with Crippen LogP contribution in [0.25, 0.3) is 10.9 Å². The highest BCUT2D eigenvalue weighted by Gasteiger charge is 2.66. The van der Waals surface area contributed by atoms with Gasteiger partial charge >= 0.3 is 12.3 Å². The molecule has 1 spiro atoms. The third kappa shape index (κ3) is 6.87. The monoisotopic (exact) mass is 829 g/mol. The molecule has 3 aliphatic carbocycles. The van der Waals surface area contributed by atoms with Gasteiger partial charge in [0.05, 0.1) is 16.8 Å². The number of nitrogens with one attached hydrogen (secondary N) is 2. The molecule has 1 unspecified atom stereocenters. The van der Waals surface area contributed by atoms with E-state index in [1.54, 1.807) is 38.1 Å². The zero-order valence-corrected chi connectivity index (χ0v) is 33.6. The number of halogens is 3. The molecule has 4 amide bonds. The number of carbonyl (C=O) groups is 4. The Kier molecular flexibility index (Phi) is 9.82. The van der Waals surface area contributed by atoms with Crippen LogP contribution in [0.15, 0.2) is 36.4 Å². The van der Waals surface area contributed by atoms with E-state index in [0.717, 1.165) is 4.90 Å². The molecule has 3 saturated carbocycles. The SMILES string of the molecule is CC(C)C1[C@H]2C(=O)N[C@]3(C(=O)NS(=O)(=O)C4(C)CC4)C[C@H]3/C=C\CCCCC[C@H](N(C(=O)O)C3CC3)C(=O)N2C[C@@]12CCc1c(c(C(F)(F)F)nc3ccccc13)O2. The van der Waals surface area contributed by atoms with Crippen molar-refractivity contribution in [2.24, 2.45) is 17.8 Å². The lowest BCUT2D eigenvalue weighted by molar-refractivity contribution is -0.145. The van der Waals surface area contributed by atoms with Crippen molar-refractivity contribution in [1.29, 1.82) is 0 Å². The number of fused-ring (bicyclic) bond motifs is 5. The normalized spacial score (nSPS) is 31.5. The minimum atomic E-state index is -4.92. The molecular weight excluding hydrogens is 780 g/mol. The van der Waals surface area contributed by atoms with Gasteiger partial charge in [-0.05, 0) is 83.1 Å². The Labute approximate surface area is 335 Å². The maximum atomic E-state index is 15.2. The molecule has 0 bridgehead atoms. The average molecular weight is 830 g/mol. The molecule has 13 nitrogen and oxygen atoms in total. The molecule has 8 rings (SSSR count). The van der Waals surface area contributed by atoms with Crippen molar-refractivity contribution < 1.29 is 50.6 Å². The van der Waals surface area contributed by atoms with Gasteiger partial charge in [0.25, 0.3) is 5.91 Å². The summed E-state index contributed by atoms with van der Waals surface area (Å²) < 4.78 is 78.9. The van der Waals surface area contributed by atoms with Crippen molar-refractivity contribution in [1.82, 2.24) is 24.8 Å². The van der Waals surface area contributed by atoms with Crippen LogP contribution in [-0.2, 0) is 37.0 Å². The van der Waals surface area contributed by atoms with Gasteiger partial charge in [-0.1, -0.05) is 57.0 Å². The number of sulfonamides is 1. The summed E-state index contributed by atoms with van der Waals surface area (Å²) in [7, 11) is -4.11. The first-order valence-corrected chi connectivity index (χ1v) is 21.9. The number of benzene rings is 1. The summed E-state index contributed by atoms with van der Waals surface area (Å²) in [6.07, 6.45) is 2.26. The van der Waals surface area contributed by atoms with Gasteiger partial charge in [-0.3, -0.25) is 24.0 Å². The second-order valence-electron chi connectivity index (χ2n) is 17.8. The zero-order chi connectivity index (χ0) is 41.6. The molecule has 0 radical (unpaired) electrons. The smallest absolute Gasteiger partial charge is 0.437 e. The maximum absolute atomic E-state index is 15.2. The third-order valence-electron chi connectivity index (χ3n) is 13.4. The largest absolute Gasteiger partial charge is 0.482 e. The molecule has 58 heavy (non-hydrogen) atoms. The molecule has 4 heterocycles. The van der Waals surface area contributed by atoms with E-state index >= 15 is 9.59 Å². The molecule has 1 saturated heterocycles. The van der Waals surface area contributed by atoms with Gasteiger partial charge < -0.3 is 20.1 Å². The van der Waals surface area contributed by atoms with Gasteiger partial charge in [-0.2, -0.15) is 13.2 Å². The van der Waals surface area contributed by atoms with E-state index in [0.29, 0.717) is 62.3 Å². The molecule has 2 aromatic rings. The van der Waals surface area contributed by atoms with Crippen molar-refractivity contribution in [3.05, 3.63) is 47.7 Å². The molecular formula is C41H50F3N5O8S. The number of amides is 4. The number of aryl methyl sites for hydroxylation is 1. The van der Waals surface area contributed by atoms with Crippen LogP contribution in [0, 0.1) is 17.8 Å². The number of carboxylic acid groups (broad SMARTS) is 1. The molecule has 4 fully saturated rings. The number of para-hydroxylation sites is 1. The quantitative estimate of drug-likeness (QED) is 0.309. The zero-order valence-electron chi connectivity index (χ0n) is 32.8. The Bertz CT molecular complexity index is 2190. The van der Waals surface area contributed by atoms with Crippen LogP contribution in [0.4, 0.5) is 18.0 Å².